The molecule has 2 aromatic heterocycles. The van der Waals surface area contributed by atoms with Crippen LogP contribution < -0.4 is 4.90 Å². The third kappa shape index (κ3) is 2.54. The average molecular weight is 304 g/mol. The lowest BCUT2D eigenvalue weighted by atomic mass is 9.99. The van der Waals surface area contributed by atoms with E-state index < -0.39 is 0 Å². The molecule has 0 radical (unpaired) electrons. The number of rotatable bonds is 2. The van der Waals surface area contributed by atoms with Crippen molar-refractivity contribution in [2.45, 2.75) is 32.7 Å². The van der Waals surface area contributed by atoms with Gasteiger partial charge in [-0.3, -0.25) is 4.98 Å². The monoisotopic (exact) mass is 304 g/mol. The Morgan fingerprint density at radius 1 is 1.00 bits per heavy atom. The second kappa shape index (κ2) is 5.61. The molecule has 1 fully saturated rings. The van der Waals surface area contributed by atoms with E-state index in [1.165, 1.54) is 29.5 Å². The first kappa shape index (κ1) is 14.1. The molecule has 1 aliphatic heterocycles. The molecule has 1 unspecified atom stereocenters. The van der Waals surface area contributed by atoms with Crippen LogP contribution in [-0.4, -0.2) is 21.5 Å². The molecule has 23 heavy (non-hydrogen) atoms. The summed E-state index contributed by atoms with van der Waals surface area (Å²) in [6, 6.07) is 11.3. The van der Waals surface area contributed by atoms with Crippen molar-refractivity contribution in [1.82, 2.24) is 15.0 Å². The average Bonchev–Trinajstić information content (AvgIpc) is 3.06. The van der Waals surface area contributed by atoms with Crippen molar-refractivity contribution in [2.24, 2.45) is 0 Å². The van der Waals surface area contributed by atoms with Crippen LogP contribution in [0.15, 0.2) is 42.7 Å². The maximum Gasteiger partial charge on any atom is 0.180 e. The van der Waals surface area contributed by atoms with Gasteiger partial charge in [0.2, 0.25) is 0 Å². The molecule has 0 spiro atoms. The van der Waals surface area contributed by atoms with Crippen molar-refractivity contribution < 1.29 is 0 Å². The van der Waals surface area contributed by atoms with E-state index in [1.54, 1.807) is 12.4 Å². The van der Waals surface area contributed by atoms with Crippen LogP contribution in [0.4, 0.5) is 5.82 Å². The molecule has 4 heteroatoms. The molecule has 3 heterocycles. The smallest absolute Gasteiger partial charge is 0.180 e. The maximum absolute atomic E-state index is 4.73. The van der Waals surface area contributed by atoms with Crippen LogP contribution >= 0.6 is 0 Å². The van der Waals surface area contributed by atoms with E-state index in [-0.39, 0.29) is 0 Å². The molecule has 0 aliphatic carbocycles. The summed E-state index contributed by atoms with van der Waals surface area (Å²) in [6.07, 6.45) is 5.77. The highest BCUT2D eigenvalue weighted by Gasteiger charge is 2.27. The van der Waals surface area contributed by atoms with Gasteiger partial charge in [0.05, 0.1) is 6.04 Å². The minimum Gasteiger partial charge on any atom is -0.349 e. The molecule has 4 rings (SSSR count). The van der Waals surface area contributed by atoms with Gasteiger partial charge >= 0.3 is 0 Å². The maximum atomic E-state index is 4.73. The highest BCUT2D eigenvalue weighted by atomic mass is 15.2. The van der Waals surface area contributed by atoms with E-state index >= 15 is 0 Å². The third-order valence-electron chi connectivity index (χ3n) is 4.78. The molecular weight excluding hydrogens is 284 g/mol. The Bertz CT molecular complexity index is 859. The van der Waals surface area contributed by atoms with Crippen LogP contribution in [0.5, 0.6) is 0 Å². The van der Waals surface area contributed by atoms with Gasteiger partial charge in [-0.2, -0.15) is 0 Å². The van der Waals surface area contributed by atoms with Crippen LogP contribution in [0, 0.1) is 13.8 Å². The molecule has 1 atom stereocenters. The topological polar surface area (TPSA) is 41.9 Å². The number of nitrogens with zero attached hydrogens (tertiary/aromatic N) is 4. The van der Waals surface area contributed by atoms with Gasteiger partial charge in [0, 0.05) is 18.9 Å². The van der Waals surface area contributed by atoms with Crippen molar-refractivity contribution >= 4 is 17.0 Å². The summed E-state index contributed by atoms with van der Waals surface area (Å²) in [4.78, 5) is 15.8. The van der Waals surface area contributed by atoms with E-state index in [1.807, 2.05) is 6.07 Å². The number of pyridine rings is 1. The summed E-state index contributed by atoms with van der Waals surface area (Å²) in [5.41, 5.74) is 5.64. The molecule has 0 bridgehead atoms. The van der Waals surface area contributed by atoms with E-state index in [0.717, 1.165) is 23.5 Å². The minimum absolute atomic E-state index is 0.399. The molecular formula is C19H20N4. The summed E-state index contributed by atoms with van der Waals surface area (Å²) in [5, 5.41) is 0. The van der Waals surface area contributed by atoms with Gasteiger partial charge in [0.1, 0.15) is 11.3 Å². The van der Waals surface area contributed by atoms with Crippen molar-refractivity contribution in [2.75, 3.05) is 11.4 Å². The standard InChI is InChI=1S/C19H20N4/c1-13-5-6-15(12-14(13)2)17-4-3-11-23(17)18-8-7-16-19(22-18)21-10-9-20-16/h5-10,12,17H,3-4,11H2,1-2H3. The third-order valence-corrected chi connectivity index (χ3v) is 4.78. The molecule has 3 aromatic rings. The first-order chi connectivity index (χ1) is 11.2. The molecule has 1 aliphatic rings. The number of hydrogen-bond donors (Lipinski definition) is 0. The van der Waals surface area contributed by atoms with Crippen LogP contribution in [0.25, 0.3) is 11.2 Å². The first-order valence-electron chi connectivity index (χ1n) is 8.14. The van der Waals surface area contributed by atoms with Crippen LogP contribution in [-0.2, 0) is 0 Å². The van der Waals surface area contributed by atoms with Crippen molar-refractivity contribution in [1.29, 1.82) is 0 Å². The number of aromatic nitrogens is 3. The molecule has 0 amide bonds. The lowest BCUT2D eigenvalue weighted by Crippen LogP contribution is -2.23. The normalized spacial score (nSPS) is 17.8. The van der Waals surface area contributed by atoms with Gasteiger partial charge in [-0.1, -0.05) is 18.2 Å². The summed E-state index contributed by atoms with van der Waals surface area (Å²) < 4.78 is 0. The summed E-state index contributed by atoms with van der Waals surface area (Å²) in [6.45, 7) is 5.38. The lowest BCUT2D eigenvalue weighted by Gasteiger charge is -2.26. The van der Waals surface area contributed by atoms with Crippen molar-refractivity contribution in [3.63, 3.8) is 0 Å². The molecule has 4 nitrogen and oxygen atoms in total. The Labute approximate surface area is 136 Å². The zero-order valence-electron chi connectivity index (χ0n) is 13.5. The fourth-order valence-corrected chi connectivity index (χ4v) is 3.36. The molecule has 0 N–H and O–H groups in total. The Hall–Kier alpha value is -2.49. The fourth-order valence-electron chi connectivity index (χ4n) is 3.36. The Morgan fingerprint density at radius 2 is 1.87 bits per heavy atom. The van der Waals surface area contributed by atoms with E-state index in [4.69, 9.17) is 4.98 Å². The van der Waals surface area contributed by atoms with Crippen molar-refractivity contribution in [3.8, 4) is 0 Å². The Kier molecular flexibility index (Phi) is 3.45. The first-order valence-corrected chi connectivity index (χ1v) is 8.14. The zero-order valence-corrected chi connectivity index (χ0v) is 13.5. The number of anilines is 1. The van der Waals surface area contributed by atoms with Gasteiger partial charge in [-0.15, -0.1) is 0 Å². The highest BCUT2D eigenvalue weighted by Crippen LogP contribution is 2.36. The van der Waals surface area contributed by atoms with Gasteiger partial charge in [0.25, 0.3) is 0 Å². The van der Waals surface area contributed by atoms with E-state index in [9.17, 15) is 0 Å². The largest absolute Gasteiger partial charge is 0.349 e. The predicted molar refractivity (Wildman–Crippen MR) is 92.6 cm³/mol. The van der Waals surface area contributed by atoms with Crippen LogP contribution in [0.1, 0.15) is 35.6 Å². The second-order valence-electron chi connectivity index (χ2n) is 6.26. The number of benzene rings is 1. The minimum atomic E-state index is 0.399. The molecule has 116 valence electrons. The quantitative estimate of drug-likeness (QED) is 0.718. The van der Waals surface area contributed by atoms with Gasteiger partial charge in [-0.25, -0.2) is 9.97 Å². The SMILES string of the molecule is Cc1ccc(C2CCCN2c2ccc3nccnc3n2)cc1C. The second-order valence-corrected chi connectivity index (χ2v) is 6.26. The summed E-state index contributed by atoms with van der Waals surface area (Å²) in [7, 11) is 0. The molecule has 1 aromatic carbocycles. The summed E-state index contributed by atoms with van der Waals surface area (Å²) in [5.74, 6) is 0.999. The van der Waals surface area contributed by atoms with Gasteiger partial charge < -0.3 is 4.90 Å². The predicted octanol–water partition coefficient (Wildman–Crippen LogP) is 3.98. The fraction of sp³-hybridized carbons (Fsp3) is 0.316. The number of fused-ring (bicyclic) bond motifs is 1. The van der Waals surface area contributed by atoms with Gasteiger partial charge in [-0.05, 0) is 55.5 Å². The van der Waals surface area contributed by atoms with Crippen molar-refractivity contribution in [3.05, 3.63) is 59.4 Å². The zero-order chi connectivity index (χ0) is 15.8. The lowest BCUT2D eigenvalue weighted by molar-refractivity contribution is 0.711. The number of aryl methyl sites for hydroxylation is 2. The number of hydrogen-bond acceptors (Lipinski definition) is 4. The van der Waals surface area contributed by atoms with E-state index in [0.29, 0.717) is 6.04 Å². The Balaban J connectivity index is 1.72. The van der Waals surface area contributed by atoms with Gasteiger partial charge in [0.15, 0.2) is 5.65 Å². The van der Waals surface area contributed by atoms with Crippen LogP contribution in [0.2, 0.25) is 0 Å². The van der Waals surface area contributed by atoms with E-state index in [2.05, 4.69) is 53.0 Å². The van der Waals surface area contributed by atoms with Crippen LogP contribution in [0.3, 0.4) is 0 Å². The molecule has 0 saturated carbocycles. The summed E-state index contributed by atoms with van der Waals surface area (Å²) >= 11 is 0. The molecule has 1 saturated heterocycles. The Morgan fingerprint density at radius 3 is 2.74 bits per heavy atom. The highest BCUT2D eigenvalue weighted by molar-refractivity contribution is 5.71.